The van der Waals surface area contributed by atoms with Gasteiger partial charge in [-0.05, 0) is 24.7 Å². The van der Waals surface area contributed by atoms with E-state index in [4.69, 9.17) is 16.0 Å². The second-order valence-corrected chi connectivity index (χ2v) is 5.30. The minimum absolute atomic E-state index is 0.607. The lowest BCUT2D eigenvalue weighted by molar-refractivity contribution is 0.314. The molecule has 0 atom stereocenters. The number of benzene rings is 1. The average Bonchev–Trinajstić information content (AvgIpc) is 2.03. The molecule has 0 saturated carbocycles. The molecule has 0 amide bonds. The van der Waals surface area contributed by atoms with Gasteiger partial charge in [-0.15, -0.1) is 0 Å². The lowest BCUT2D eigenvalue weighted by Gasteiger charge is -2.06. The zero-order chi connectivity index (χ0) is 8.97. The number of hydrogen-bond acceptors (Lipinski definition) is 1. The van der Waals surface area contributed by atoms with Crippen LogP contribution < -0.4 is 0 Å². The van der Waals surface area contributed by atoms with E-state index in [1.54, 1.807) is 0 Å². The van der Waals surface area contributed by atoms with E-state index in [0.29, 0.717) is 6.61 Å². The van der Waals surface area contributed by atoms with Crippen LogP contribution in [0.1, 0.15) is 5.56 Å². The molecule has 12 heavy (non-hydrogen) atoms. The van der Waals surface area contributed by atoms with Gasteiger partial charge in [-0.2, -0.15) is 0 Å². The van der Waals surface area contributed by atoms with Crippen molar-refractivity contribution < 1.29 is 4.43 Å². The molecule has 1 rings (SSSR count). The van der Waals surface area contributed by atoms with E-state index in [1.807, 2.05) is 24.3 Å². The molecule has 0 saturated heterocycles. The van der Waals surface area contributed by atoms with Gasteiger partial charge in [-0.1, -0.05) is 29.8 Å². The molecule has 0 unspecified atom stereocenters. The van der Waals surface area contributed by atoms with Crippen LogP contribution in [0.25, 0.3) is 0 Å². The van der Waals surface area contributed by atoms with Crippen LogP contribution in [-0.2, 0) is 11.0 Å². The quantitative estimate of drug-likeness (QED) is 0.680. The van der Waals surface area contributed by atoms with Crippen molar-refractivity contribution in [2.75, 3.05) is 0 Å². The van der Waals surface area contributed by atoms with E-state index in [0.717, 1.165) is 10.6 Å². The Bertz CT molecular complexity index is 250. The molecule has 0 aliphatic heterocycles. The molecule has 0 aliphatic rings. The second-order valence-electron chi connectivity index (χ2n) is 2.79. The number of rotatable bonds is 3. The summed E-state index contributed by atoms with van der Waals surface area (Å²) in [5.41, 5.74) is 1.07. The van der Waals surface area contributed by atoms with Gasteiger partial charge in [-0.25, -0.2) is 0 Å². The first-order valence-electron chi connectivity index (χ1n) is 3.86. The highest BCUT2D eigenvalue weighted by Gasteiger charge is 2.00. The van der Waals surface area contributed by atoms with Crippen molar-refractivity contribution in [2.45, 2.75) is 19.7 Å². The molecule has 0 fully saturated rings. The summed E-state index contributed by atoms with van der Waals surface area (Å²) in [5, 5.41) is 0.792. The minimum atomic E-state index is -0.607. The molecule has 0 N–H and O–H groups in total. The number of hydrogen-bond donors (Lipinski definition) is 0. The largest absolute Gasteiger partial charge is 0.413 e. The third-order valence-corrected chi connectivity index (χ3v) is 2.56. The SMILES string of the molecule is C[Si](C)OCc1ccccc1Cl. The Morgan fingerprint density at radius 3 is 2.58 bits per heavy atom. The normalized spacial score (nSPS) is 10.7. The van der Waals surface area contributed by atoms with Crippen LogP contribution >= 0.6 is 11.6 Å². The van der Waals surface area contributed by atoms with Gasteiger partial charge in [0.1, 0.15) is 0 Å². The summed E-state index contributed by atoms with van der Waals surface area (Å²) < 4.78 is 5.53. The molecule has 0 bridgehead atoms. The van der Waals surface area contributed by atoms with Crippen molar-refractivity contribution in [3.05, 3.63) is 34.9 Å². The van der Waals surface area contributed by atoms with Crippen LogP contribution in [0.5, 0.6) is 0 Å². The summed E-state index contributed by atoms with van der Waals surface area (Å²) in [6.45, 7) is 4.87. The second kappa shape index (κ2) is 4.65. The maximum Gasteiger partial charge on any atom is 0.205 e. The fraction of sp³-hybridized carbons (Fsp3) is 0.333. The van der Waals surface area contributed by atoms with Crippen molar-refractivity contribution in [3.8, 4) is 0 Å². The summed E-state index contributed by atoms with van der Waals surface area (Å²) in [4.78, 5) is 0. The first-order valence-corrected chi connectivity index (χ1v) is 6.65. The van der Waals surface area contributed by atoms with E-state index in [2.05, 4.69) is 13.1 Å². The van der Waals surface area contributed by atoms with E-state index in [1.165, 1.54) is 0 Å². The van der Waals surface area contributed by atoms with Crippen LogP contribution in [0.3, 0.4) is 0 Å². The van der Waals surface area contributed by atoms with Gasteiger partial charge in [0.25, 0.3) is 0 Å². The third-order valence-electron chi connectivity index (χ3n) is 1.47. The van der Waals surface area contributed by atoms with Gasteiger partial charge < -0.3 is 4.43 Å². The summed E-state index contributed by atoms with van der Waals surface area (Å²) in [6.07, 6.45) is 0. The Morgan fingerprint density at radius 1 is 1.33 bits per heavy atom. The summed E-state index contributed by atoms with van der Waals surface area (Å²) in [7, 11) is -0.607. The predicted molar refractivity (Wildman–Crippen MR) is 53.7 cm³/mol. The highest BCUT2D eigenvalue weighted by Crippen LogP contribution is 2.15. The Morgan fingerprint density at radius 2 is 2.00 bits per heavy atom. The summed E-state index contributed by atoms with van der Waals surface area (Å²) in [6, 6.07) is 7.78. The van der Waals surface area contributed by atoms with Crippen LogP contribution in [-0.4, -0.2) is 9.04 Å². The van der Waals surface area contributed by atoms with Crippen molar-refractivity contribution in [1.29, 1.82) is 0 Å². The first-order chi connectivity index (χ1) is 5.70. The predicted octanol–water partition coefficient (Wildman–Crippen LogP) is 3.11. The van der Waals surface area contributed by atoms with Gasteiger partial charge >= 0.3 is 0 Å². The van der Waals surface area contributed by atoms with E-state index in [-0.39, 0.29) is 0 Å². The fourth-order valence-corrected chi connectivity index (χ4v) is 1.47. The van der Waals surface area contributed by atoms with Crippen LogP contribution in [0, 0.1) is 0 Å². The van der Waals surface area contributed by atoms with Gasteiger partial charge in [-0.3, -0.25) is 0 Å². The van der Waals surface area contributed by atoms with Crippen LogP contribution in [0.4, 0.5) is 0 Å². The molecule has 0 aromatic heterocycles. The smallest absolute Gasteiger partial charge is 0.205 e. The third kappa shape index (κ3) is 2.97. The zero-order valence-corrected chi connectivity index (χ0v) is 9.06. The maximum atomic E-state index is 5.94. The summed E-state index contributed by atoms with van der Waals surface area (Å²) >= 11 is 5.94. The highest BCUT2D eigenvalue weighted by molar-refractivity contribution is 6.48. The molecule has 0 heterocycles. The zero-order valence-electron chi connectivity index (χ0n) is 7.30. The Kier molecular flexibility index (Phi) is 3.79. The van der Waals surface area contributed by atoms with E-state index >= 15 is 0 Å². The fourth-order valence-electron chi connectivity index (χ4n) is 0.838. The van der Waals surface area contributed by atoms with Crippen molar-refractivity contribution in [2.24, 2.45) is 0 Å². The molecule has 0 aliphatic carbocycles. The van der Waals surface area contributed by atoms with Crippen LogP contribution in [0.2, 0.25) is 18.1 Å². The maximum absolute atomic E-state index is 5.94. The topological polar surface area (TPSA) is 9.23 Å². The molecule has 1 nitrogen and oxygen atoms in total. The molecule has 1 aromatic carbocycles. The first kappa shape index (κ1) is 9.77. The lowest BCUT2D eigenvalue weighted by atomic mass is 10.2. The van der Waals surface area contributed by atoms with Crippen molar-refractivity contribution in [3.63, 3.8) is 0 Å². The minimum Gasteiger partial charge on any atom is -0.413 e. The van der Waals surface area contributed by atoms with Crippen LogP contribution in [0.15, 0.2) is 24.3 Å². The Balaban J connectivity index is 2.57. The molecular weight excluding hydrogens is 188 g/mol. The van der Waals surface area contributed by atoms with E-state index in [9.17, 15) is 0 Å². The molecule has 1 radical (unpaired) electrons. The van der Waals surface area contributed by atoms with Gasteiger partial charge in [0.2, 0.25) is 9.04 Å². The van der Waals surface area contributed by atoms with Gasteiger partial charge in [0.05, 0.1) is 6.61 Å². The molecule has 65 valence electrons. The molecule has 3 heteroatoms. The monoisotopic (exact) mass is 199 g/mol. The molecule has 0 spiro atoms. The van der Waals surface area contributed by atoms with Gasteiger partial charge in [0, 0.05) is 5.02 Å². The highest BCUT2D eigenvalue weighted by atomic mass is 35.5. The number of halogens is 1. The molecule has 1 aromatic rings. The van der Waals surface area contributed by atoms with Crippen molar-refractivity contribution >= 4 is 20.6 Å². The van der Waals surface area contributed by atoms with Gasteiger partial charge in [0.15, 0.2) is 0 Å². The summed E-state index contributed by atoms with van der Waals surface area (Å²) in [5.74, 6) is 0. The van der Waals surface area contributed by atoms with E-state index < -0.39 is 9.04 Å². The lowest BCUT2D eigenvalue weighted by Crippen LogP contribution is -2.07. The van der Waals surface area contributed by atoms with Crippen molar-refractivity contribution in [1.82, 2.24) is 0 Å². The molecular formula is C9H12ClOSi. The standard InChI is InChI=1S/C9H12ClOSi/c1-12(2)11-7-8-5-3-4-6-9(8)10/h3-6H,7H2,1-2H3. The Hall–Kier alpha value is -0.313. The average molecular weight is 200 g/mol. The Labute approximate surface area is 80.0 Å².